The number of rotatable bonds is 8. The number of fused-ring (bicyclic) bond motifs is 1. The van der Waals surface area contributed by atoms with Crippen molar-refractivity contribution in [2.24, 2.45) is 5.73 Å². The van der Waals surface area contributed by atoms with Crippen LogP contribution < -0.4 is 21.3 Å². The fourth-order valence-electron chi connectivity index (χ4n) is 6.87. The van der Waals surface area contributed by atoms with E-state index < -0.39 is 0 Å². The fourth-order valence-corrected chi connectivity index (χ4v) is 6.87. The maximum Gasteiger partial charge on any atom is 0.227 e. The van der Waals surface area contributed by atoms with Crippen molar-refractivity contribution in [1.29, 1.82) is 0 Å². The van der Waals surface area contributed by atoms with Gasteiger partial charge in [-0.1, -0.05) is 30.3 Å². The second-order valence-corrected chi connectivity index (χ2v) is 12.5. The summed E-state index contributed by atoms with van der Waals surface area (Å²) in [4.78, 5) is 19.6. The fraction of sp³-hybridized carbons (Fsp3) is 0.485. The minimum atomic E-state index is -0.267. The van der Waals surface area contributed by atoms with Gasteiger partial charge < -0.3 is 30.9 Å². The number of aliphatic hydroxyl groups is 1. The molecule has 3 heterocycles. The lowest BCUT2D eigenvalue weighted by atomic mass is 9.92. The molecule has 0 bridgehead atoms. The van der Waals surface area contributed by atoms with Crippen LogP contribution in [0.4, 0.5) is 23.1 Å². The molecular weight excluding hydrogens is 538 g/mol. The largest absolute Gasteiger partial charge is 0.393 e. The molecule has 0 spiro atoms. The van der Waals surface area contributed by atoms with E-state index in [0.29, 0.717) is 17.8 Å². The summed E-state index contributed by atoms with van der Waals surface area (Å²) in [5.74, 6) is 1.31. The number of benzene rings is 2. The van der Waals surface area contributed by atoms with Gasteiger partial charge in [0.2, 0.25) is 5.95 Å². The van der Waals surface area contributed by atoms with Crippen molar-refractivity contribution in [3.05, 3.63) is 66.5 Å². The van der Waals surface area contributed by atoms with Crippen LogP contribution in [0.1, 0.15) is 56.6 Å². The first-order chi connectivity index (χ1) is 21.1. The quantitative estimate of drug-likeness (QED) is 0.235. The van der Waals surface area contributed by atoms with Crippen molar-refractivity contribution in [2.45, 2.75) is 75.7 Å². The Kier molecular flexibility index (Phi) is 8.14. The number of nitrogens with two attached hydrogens (primary N) is 1. The molecule has 10 nitrogen and oxygen atoms in total. The Morgan fingerprint density at radius 1 is 0.860 bits per heavy atom. The lowest BCUT2D eigenvalue weighted by molar-refractivity contribution is 0.178. The lowest BCUT2D eigenvalue weighted by Gasteiger charge is -2.36. The van der Waals surface area contributed by atoms with Gasteiger partial charge >= 0.3 is 0 Å². The van der Waals surface area contributed by atoms with Gasteiger partial charge in [0.25, 0.3) is 0 Å². The zero-order chi connectivity index (χ0) is 29.2. The number of hydrogen-bond donors (Lipinski definition) is 4. The number of anilines is 4. The molecule has 43 heavy (non-hydrogen) atoms. The summed E-state index contributed by atoms with van der Waals surface area (Å²) >= 11 is 0. The third-order valence-electron chi connectivity index (χ3n) is 9.41. The van der Waals surface area contributed by atoms with Gasteiger partial charge in [-0.3, -0.25) is 4.90 Å². The second kappa shape index (κ2) is 12.5. The third-order valence-corrected chi connectivity index (χ3v) is 9.41. The molecule has 3 aliphatic rings. The first-order valence-electron chi connectivity index (χ1n) is 15.9. The Hall–Kier alpha value is -3.73. The Balaban J connectivity index is 1.07. The first kappa shape index (κ1) is 28.1. The SMILES string of the molecule is NC1CCC(Nc2nc(Nc3ccc(N4CCN(Cc5ccccc5)CC4)cc3)c3ncn(C4CCC(O)C4)c3n2)CC1. The lowest BCUT2D eigenvalue weighted by Crippen LogP contribution is -2.45. The number of nitrogens with zero attached hydrogens (tertiary/aromatic N) is 6. The molecule has 2 aliphatic carbocycles. The van der Waals surface area contributed by atoms with Gasteiger partial charge in [0.1, 0.15) is 0 Å². The number of aliphatic hydroxyl groups excluding tert-OH is 1. The van der Waals surface area contributed by atoms with Gasteiger partial charge in [-0.25, -0.2) is 4.98 Å². The van der Waals surface area contributed by atoms with E-state index in [0.717, 1.165) is 94.5 Å². The summed E-state index contributed by atoms with van der Waals surface area (Å²) in [5.41, 5.74) is 11.3. The van der Waals surface area contributed by atoms with E-state index in [1.165, 1.54) is 11.3 Å². The van der Waals surface area contributed by atoms with Gasteiger partial charge in [0.05, 0.1) is 12.4 Å². The number of nitrogens with one attached hydrogen (secondary N) is 2. The van der Waals surface area contributed by atoms with Crippen molar-refractivity contribution < 1.29 is 5.11 Å². The maximum atomic E-state index is 10.2. The van der Waals surface area contributed by atoms with E-state index in [-0.39, 0.29) is 18.2 Å². The number of aromatic nitrogens is 4. The Labute approximate surface area is 253 Å². The van der Waals surface area contributed by atoms with Gasteiger partial charge in [0, 0.05) is 62.2 Å². The summed E-state index contributed by atoms with van der Waals surface area (Å²) in [6.45, 7) is 5.14. The predicted molar refractivity (Wildman–Crippen MR) is 172 cm³/mol. The predicted octanol–water partition coefficient (Wildman–Crippen LogP) is 4.66. The van der Waals surface area contributed by atoms with Crippen LogP contribution in [0.2, 0.25) is 0 Å². The molecule has 226 valence electrons. The van der Waals surface area contributed by atoms with Crippen LogP contribution in [0.25, 0.3) is 11.2 Å². The van der Waals surface area contributed by atoms with E-state index >= 15 is 0 Å². The summed E-state index contributed by atoms with van der Waals surface area (Å²) in [6, 6.07) is 20.1. The molecule has 1 saturated heterocycles. The Morgan fingerprint density at radius 3 is 2.35 bits per heavy atom. The highest BCUT2D eigenvalue weighted by Crippen LogP contribution is 2.34. The first-order valence-corrected chi connectivity index (χ1v) is 15.9. The van der Waals surface area contributed by atoms with Gasteiger partial charge in [-0.2, -0.15) is 9.97 Å². The standard InChI is InChI=1S/C33H43N9O/c34-24-6-8-26(9-7-24)37-33-38-31(30-32(39-33)42(22-35-30)28-14-15-29(43)20-28)36-25-10-12-27(13-11-25)41-18-16-40(17-19-41)21-23-4-2-1-3-5-23/h1-5,10-13,22,24,26,28-29,43H,6-9,14-21,34H2,(H2,36,37,38,39). The van der Waals surface area contributed by atoms with E-state index in [1.807, 2.05) is 6.33 Å². The third kappa shape index (κ3) is 6.46. The summed E-state index contributed by atoms with van der Waals surface area (Å²) in [7, 11) is 0. The average Bonchev–Trinajstić information content (AvgIpc) is 3.66. The van der Waals surface area contributed by atoms with Crippen molar-refractivity contribution >= 4 is 34.3 Å². The molecule has 0 amide bonds. The van der Waals surface area contributed by atoms with Crippen LogP contribution >= 0.6 is 0 Å². The second-order valence-electron chi connectivity index (χ2n) is 12.5. The monoisotopic (exact) mass is 581 g/mol. The number of imidazole rings is 1. The molecule has 2 saturated carbocycles. The average molecular weight is 582 g/mol. The molecule has 4 aromatic rings. The number of piperazine rings is 1. The molecule has 5 N–H and O–H groups in total. The van der Waals surface area contributed by atoms with Crippen molar-refractivity contribution in [1.82, 2.24) is 24.4 Å². The molecule has 3 fully saturated rings. The minimum absolute atomic E-state index is 0.190. The highest BCUT2D eigenvalue weighted by molar-refractivity contribution is 5.86. The summed E-state index contributed by atoms with van der Waals surface area (Å²) in [6.07, 6.45) is 8.10. The molecule has 2 atom stereocenters. The normalized spacial score (nSPS) is 24.8. The van der Waals surface area contributed by atoms with E-state index in [9.17, 15) is 5.11 Å². The summed E-state index contributed by atoms with van der Waals surface area (Å²) in [5, 5.41) is 17.3. The smallest absolute Gasteiger partial charge is 0.227 e. The van der Waals surface area contributed by atoms with Gasteiger partial charge in [0.15, 0.2) is 17.0 Å². The van der Waals surface area contributed by atoms with Crippen LogP contribution in [0, 0.1) is 0 Å². The van der Waals surface area contributed by atoms with E-state index in [1.54, 1.807) is 0 Å². The van der Waals surface area contributed by atoms with Gasteiger partial charge in [-0.15, -0.1) is 0 Å². The van der Waals surface area contributed by atoms with Crippen molar-refractivity contribution in [3.63, 3.8) is 0 Å². The summed E-state index contributed by atoms with van der Waals surface area (Å²) < 4.78 is 2.13. The highest BCUT2D eigenvalue weighted by Gasteiger charge is 2.27. The molecule has 2 unspecified atom stereocenters. The van der Waals surface area contributed by atoms with Crippen LogP contribution in [-0.4, -0.2) is 73.9 Å². The maximum absolute atomic E-state index is 10.2. The Bertz CT molecular complexity index is 1490. The van der Waals surface area contributed by atoms with Crippen molar-refractivity contribution in [3.8, 4) is 0 Å². The molecule has 2 aromatic carbocycles. The molecule has 0 radical (unpaired) electrons. The highest BCUT2D eigenvalue weighted by atomic mass is 16.3. The topological polar surface area (TPSA) is 120 Å². The van der Waals surface area contributed by atoms with Crippen LogP contribution in [0.3, 0.4) is 0 Å². The molecule has 10 heteroatoms. The van der Waals surface area contributed by atoms with Crippen molar-refractivity contribution in [2.75, 3.05) is 41.7 Å². The Morgan fingerprint density at radius 2 is 1.63 bits per heavy atom. The number of hydrogen-bond acceptors (Lipinski definition) is 9. The zero-order valence-corrected chi connectivity index (χ0v) is 24.8. The van der Waals surface area contributed by atoms with Gasteiger partial charge in [-0.05, 0) is 74.8 Å². The minimum Gasteiger partial charge on any atom is -0.393 e. The van der Waals surface area contributed by atoms with E-state index in [2.05, 4.69) is 79.6 Å². The zero-order valence-electron chi connectivity index (χ0n) is 24.8. The van der Waals surface area contributed by atoms with Crippen LogP contribution in [0.5, 0.6) is 0 Å². The molecule has 7 rings (SSSR count). The van der Waals surface area contributed by atoms with Crippen LogP contribution in [0.15, 0.2) is 60.9 Å². The molecule has 1 aliphatic heterocycles. The van der Waals surface area contributed by atoms with Crippen LogP contribution in [-0.2, 0) is 6.54 Å². The molecule has 2 aromatic heterocycles. The molecular formula is C33H43N9O. The van der Waals surface area contributed by atoms with E-state index in [4.69, 9.17) is 20.7 Å².